The number of amides is 2. The molecule has 1 fully saturated rings. The Balaban J connectivity index is 2.00. The Bertz CT molecular complexity index is 507. The fourth-order valence-electron chi connectivity index (χ4n) is 2.24. The fourth-order valence-corrected chi connectivity index (χ4v) is 2.48. The van der Waals surface area contributed by atoms with Crippen molar-refractivity contribution >= 4 is 29.1 Å². The summed E-state index contributed by atoms with van der Waals surface area (Å²) in [5.74, 6) is -0.491. The Morgan fingerprint density at radius 2 is 2.20 bits per heavy atom. The van der Waals surface area contributed by atoms with Gasteiger partial charge < -0.3 is 16.0 Å². The van der Waals surface area contributed by atoms with Gasteiger partial charge in [0.2, 0.25) is 11.8 Å². The van der Waals surface area contributed by atoms with Crippen LogP contribution >= 0.6 is 11.6 Å². The highest BCUT2D eigenvalue weighted by Gasteiger charge is 2.35. The van der Waals surface area contributed by atoms with Crippen molar-refractivity contribution < 1.29 is 9.59 Å². The lowest BCUT2D eigenvalue weighted by molar-refractivity contribution is -0.126. The molecule has 2 amide bonds. The molecule has 1 aliphatic heterocycles. The summed E-state index contributed by atoms with van der Waals surface area (Å²) < 4.78 is 0. The second kappa shape index (κ2) is 6.72. The van der Waals surface area contributed by atoms with E-state index in [9.17, 15) is 9.59 Å². The zero-order valence-electron chi connectivity index (χ0n) is 11.1. The first kappa shape index (κ1) is 14.8. The van der Waals surface area contributed by atoms with E-state index in [2.05, 4.69) is 5.32 Å². The molecule has 20 heavy (non-hydrogen) atoms. The molecule has 0 saturated carbocycles. The number of nitrogens with one attached hydrogen (secondary N) is 1. The van der Waals surface area contributed by atoms with Gasteiger partial charge >= 0.3 is 0 Å². The van der Waals surface area contributed by atoms with Crippen molar-refractivity contribution in [1.29, 1.82) is 0 Å². The third-order valence-corrected chi connectivity index (χ3v) is 3.64. The first-order chi connectivity index (χ1) is 9.63. The molecule has 1 saturated heterocycles. The van der Waals surface area contributed by atoms with Crippen molar-refractivity contribution in [3.63, 3.8) is 0 Å². The van der Waals surface area contributed by atoms with Gasteiger partial charge in [0, 0.05) is 19.5 Å². The summed E-state index contributed by atoms with van der Waals surface area (Å²) in [4.78, 5) is 25.6. The summed E-state index contributed by atoms with van der Waals surface area (Å²) in [6.07, 6.45) is 0.959. The minimum Gasteiger partial charge on any atom is -0.356 e. The number of anilines is 1. The van der Waals surface area contributed by atoms with Gasteiger partial charge in [-0.2, -0.15) is 0 Å². The van der Waals surface area contributed by atoms with Crippen LogP contribution in [0.5, 0.6) is 0 Å². The third kappa shape index (κ3) is 3.29. The Labute approximate surface area is 123 Å². The number of hydrogen-bond donors (Lipinski definition) is 2. The summed E-state index contributed by atoms with van der Waals surface area (Å²) in [5, 5.41) is 3.32. The number of para-hydroxylation sites is 1. The van der Waals surface area contributed by atoms with E-state index in [0.29, 0.717) is 30.3 Å². The van der Waals surface area contributed by atoms with Crippen LogP contribution in [0.2, 0.25) is 5.02 Å². The lowest BCUT2D eigenvalue weighted by Gasteiger charge is -2.18. The van der Waals surface area contributed by atoms with E-state index in [1.165, 1.54) is 0 Å². The number of nitrogens with zero attached hydrogens (tertiary/aromatic N) is 1. The quantitative estimate of drug-likeness (QED) is 0.800. The van der Waals surface area contributed by atoms with Crippen LogP contribution in [0.1, 0.15) is 12.8 Å². The summed E-state index contributed by atoms with van der Waals surface area (Å²) in [6, 6.07) is 7.15. The van der Waals surface area contributed by atoms with Crippen LogP contribution in [0.25, 0.3) is 0 Å². The number of hydrogen-bond acceptors (Lipinski definition) is 3. The van der Waals surface area contributed by atoms with Crippen LogP contribution in [0, 0.1) is 5.92 Å². The average molecular weight is 296 g/mol. The number of nitrogens with two attached hydrogens (primary N) is 1. The molecule has 0 aromatic heterocycles. The first-order valence-corrected chi connectivity index (χ1v) is 7.04. The van der Waals surface area contributed by atoms with Gasteiger partial charge in [-0.1, -0.05) is 23.7 Å². The van der Waals surface area contributed by atoms with Gasteiger partial charge in [-0.05, 0) is 25.1 Å². The smallest absolute Gasteiger partial charge is 0.227 e. The topological polar surface area (TPSA) is 75.4 Å². The molecule has 6 heteroatoms. The first-order valence-electron chi connectivity index (χ1n) is 6.66. The van der Waals surface area contributed by atoms with Crippen molar-refractivity contribution in [2.45, 2.75) is 12.8 Å². The van der Waals surface area contributed by atoms with Gasteiger partial charge in [0.1, 0.15) is 0 Å². The van der Waals surface area contributed by atoms with Gasteiger partial charge in [-0.15, -0.1) is 0 Å². The Morgan fingerprint density at radius 1 is 1.45 bits per heavy atom. The normalized spacial score (nSPS) is 18.4. The molecular formula is C14H18ClN3O2. The number of carbonyl (C=O) groups excluding carboxylic acids is 2. The van der Waals surface area contributed by atoms with Crippen molar-refractivity contribution in [3.8, 4) is 0 Å². The lowest BCUT2D eigenvalue weighted by atomic mass is 10.1. The van der Waals surface area contributed by atoms with Gasteiger partial charge in [0.15, 0.2) is 0 Å². The molecule has 1 aromatic rings. The largest absolute Gasteiger partial charge is 0.356 e. The molecule has 0 aliphatic carbocycles. The molecule has 2 rings (SSSR count). The zero-order chi connectivity index (χ0) is 14.5. The highest BCUT2D eigenvalue weighted by atomic mass is 35.5. The van der Waals surface area contributed by atoms with Crippen molar-refractivity contribution in [2.24, 2.45) is 11.7 Å². The maximum absolute atomic E-state index is 12.0. The molecule has 0 bridgehead atoms. The maximum atomic E-state index is 12.0. The molecular weight excluding hydrogens is 278 g/mol. The zero-order valence-corrected chi connectivity index (χ0v) is 11.9. The van der Waals surface area contributed by atoms with E-state index >= 15 is 0 Å². The van der Waals surface area contributed by atoms with E-state index in [1.807, 2.05) is 12.1 Å². The van der Waals surface area contributed by atoms with E-state index < -0.39 is 0 Å². The molecule has 1 heterocycles. The standard InChI is InChI=1S/C14H18ClN3O2/c15-11-4-1-2-5-12(11)18-9-10(8-13(18)19)14(20)17-7-3-6-16/h1-2,4-5,10H,3,6-9,16H2,(H,17,20). The highest BCUT2D eigenvalue weighted by Crippen LogP contribution is 2.30. The van der Waals surface area contributed by atoms with Crippen LogP contribution in [-0.2, 0) is 9.59 Å². The molecule has 1 aromatic carbocycles. The van der Waals surface area contributed by atoms with Crippen LogP contribution < -0.4 is 16.0 Å². The van der Waals surface area contributed by atoms with Gasteiger partial charge in [0.25, 0.3) is 0 Å². The molecule has 108 valence electrons. The molecule has 0 spiro atoms. The highest BCUT2D eigenvalue weighted by molar-refractivity contribution is 6.33. The van der Waals surface area contributed by atoms with Crippen LogP contribution in [-0.4, -0.2) is 31.4 Å². The summed E-state index contributed by atoms with van der Waals surface area (Å²) in [6.45, 7) is 1.46. The van der Waals surface area contributed by atoms with Crippen LogP contribution in [0.3, 0.4) is 0 Å². The second-order valence-corrected chi connectivity index (χ2v) is 5.20. The van der Waals surface area contributed by atoms with E-state index in [0.717, 1.165) is 6.42 Å². The molecule has 0 radical (unpaired) electrons. The predicted molar refractivity (Wildman–Crippen MR) is 78.6 cm³/mol. The molecule has 5 nitrogen and oxygen atoms in total. The third-order valence-electron chi connectivity index (χ3n) is 3.32. The van der Waals surface area contributed by atoms with Crippen molar-refractivity contribution in [1.82, 2.24) is 5.32 Å². The van der Waals surface area contributed by atoms with Crippen molar-refractivity contribution in [2.75, 3.05) is 24.5 Å². The predicted octanol–water partition coefficient (Wildman–Crippen LogP) is 1.16. The Kier molecular flexibility index (Phi) is 4.98. The lowest BCUT2D eigenvalue weighted by Crippen LogP contribution is -2.34. The van der Waals surface area contributed by atoms with Gasteiger partial charge in [-0.25, -0.2) is 0 Å². The van der Waals surface area contributed by atoms with Gasteiger partial charge in [-0.3, -0.25) is 9.59 Å². The van der Waals surface area contributed by atoms with Crippen LogP contribution in [0.4, 0.5) is 5.69 Å². The van der Waals surface area contributed by atoms with E-state index in [1.54, 1.807) is 17.0 Å². The number of rotatable bonds is 5. The van der Waals surface area contributed by atoms with Crippen LogP contribution in [0.15, 0.2) is 24.3 Å². The minimum absolute atomic E-state index is 0.0722. The minimum atomic E-state index is -0.323. The average Bonchev–Trinajstić information content (AvgIpc) is 2.81. The fraction of sp³-hybridized carbons (Fsp3) is 0.429. The summed E-state index contributed by atoms with van der Waals surface area (Å²) >= 11 is 6.09. The number of halogens is 1. The SMILES string of the molecule is NCCCNC(=O)C1CC(=O)N(c2ccccc2Cl)C1. The van der Waals surface area contributed by atoms with Gasteiger partial charge in [0.05, 0.1) is 16.6 Å². The second-order valence-electron chi connectivity index (χ2n) is 4.79. The summed E-state index contributed by atoms with van der Waals surface area (Å²) in [7, 11) is 0. The Hall–Kier alpha value is -1.59. The maximum Gasteiger partial charge on any atom is 0.227 e. The summed E-state index contributed by atoms with van der Waals surface area (Å²) in [5.41, 5.74) is 6.04. The molecule has 3 N–H and O–H groups in total. The van der Waals surface area contributed by atoms with E-state index in [-0.39, 0.29) is 24.2 Å². The van der Waals surface area contributed by atoms with Crippen molar-refractivity contribution in [3.05, 3.63) is 29.3 Å². The monoisotopic (exact) mass is 295 g/mol. The molecule has 1 atom stereocenters. The number of carbonyl (C=O) groups is 2. The Morgan fingerprint density at radius 3 is 2.90 bits per heavy atom. The number of benzene rings is 1. The molecule has 1 unspecified atom stereocenters. The van der Waals surface area contributed by atoms with E-state index in [4.69, 9.17) is 17.3 Å². The molecule has 1 aliphatic rings.